The summed E-state index contributed by atoms with van der Waals surface area (Å²) in [4.78, 5) is 25.1. The first-order valence-electron chi connectivity index (χ1n) is 10.2. The number of hydrogen-bond acceptors (Lipinski definition) is 4. The van der Waals surface area contributed by atoms with Gasteiger partial charge >= 0.3 is 0 Å². The Hall–Kier alpha value is -3.72. The number of anilines is 2. The molecule has 0 aliphatic heterocycles. The van der Waals surface area contributed by atoms with Gasteiger partial charge in [-0.3, -0.25) is 14.2 Å². The minimum absolute atomic E-state index is 0.188. The van der Waals surface area contributed by atoms with Crippen molar-refractivity contribution in [2.24, 2.45) is 7.05 Å². The Morgan fingerprint density at radius 2 is 1.85 bits per heavy atom. The Morgan fingerprint density at radius 3 is 2.55 bits per heavy atom. The smallest absolute Gasteiger partial charge is 0.254 e. The maximum absolute atomic E-state index is 14.4. The zero-order valence-corrected chi connectivity index (χ0v) is 18.2. The summed E-state index contributed by atoms with van der Waals surface area (Å²) in [5.41, 5.74) is 0.515. The SMILES string of the molecule is Cn1c(=O)cc(Nc2cc(C(=O)NC3CC3)ccc2Cl)c2cnn(-c3c(F)cccc3F)c21. The molecule has 33 heavy (non-hydrogen) atoms. The summed E-state index contributed by atoms with van der Waals surface area (Å²) in [6.07, 6.45) is 3.32. The molecule has 1 amide bonds. The quantitative estimate of drug-likeness (QED) is 0.457. The molecule has 0 saturated heterocycles. The van der Waals surface area contributed by atoms with Gasteiger partial charge in [0.25, 0.3) is 11.5 Å². The van der Waals surface area contributed by atoms with Crippen molar-refractivity contribution in [1.82, 2.24) is 19.7 Å². The van der Waals surface area contributed by atoms with Gasteiger partial charge in [0, 0.05) is 24.7 Å². The van der Waals surface area contributed by atoms with E-state index in [0.717, 1.165) is 29.7 Å². The van der Waals surface area contributed by atoms with Gasteiger partial charge in [0.2, 0.25) is 0 Å². The van der Waals surface area contributed by atoms with Gasteiger partial charge in [0.15, 0.2) is 11.6 Å². The summed E-state index contributed by atoms with van der Waals surface area (Å²) in [5.74, 6) is -1.85. The largest absolute Gasteiger partial charge is 0.353 e. The number of aromatic nitrogens is 3. The molecule has 0 radical (unpaired) electrons. The van der Waals surface area contributed by atoms with Gasteiger partial charge in [-0.25, -0.2) is 13.5 Å². The van der Waals surface area contributed by atoms with Crippen LogP contribution >= 0.6 is 11.6 Å². The third-order valence-electron chi connectivity index (χ3n) is 5.51. The number of hydrogen-bond donors (Lipinski definition) is 2. The third-order valence-corrected chi connectivity index (χ3v) is 5.84. The lowest BCUT2D eigenvalue weighted by molar-refractivity contribution is 0.0951. The molecule has 1 aliphatic rings. The predicted octanol–water partition coefficient (Wildman–Crippen LogP) is 4.29. The highest BCUT2D eigenvalue weighted by Gasteiger charge is 2.24. The topological polar surface area (TPSA) is 81.0 Å². The van der Waals surface area contributed by atoms with E-state index in [1.165, 1.54) is 29.9 Å². The number of nitrogens with one attached hydrogen (secondary N) is 2. The molecule has 10 heteroatoms. The number of carbonyl (C=O) groups is 1. The molecule has 1 aliphatic carbocycles. The highest BCUT2D eigenvalue weighted by atomic mass is 35.5. The molecular weight excluding hydrogens is 452 g/mol. The molecule has 0 atom stereocenters. The monoisotopic (exact) mass is 469 g/mol. The van der Waals surface area contributed by atoms with Crippen molar-refractivity contribution in [3.05, 3.63) is 81.2 Å². The van der Waals surface area contributed by atoms with E-state index >= 15 is 0 Å². The van der Waals surface area contributed by atoms with Crippen LogP contribution in [-0.4, -0.2) is 26.3 Å². The first-order chi connectivity index (χ1) is 15.8. The molecule has 168 valence electrons. The zero-order valence-electron chi connectivity index (χ0n) is 17.4. The van der Waals surface area contributed by atoms with Crippen molar-refractivity contribution in [2.75, 3.05) is 5.32 Å². The lowest BCUT2D eigenvalue weighted by Crippen LogP contribution is -2.25. The molecule has 1 fully saturated rings. The minimum Gasteiger partial charge on any atom is -0.353 e. The fraction of sp³-hybridized carbons (Fsp3) is 0.174. The Bertz CT molecular complexity index is 1460. The zero-order chi connectivity index (χ0) is 23.3. The molecule has 1 saturated carbocycles. The van der Waals surface area contributed by atoms with Crippen LogP contribution in [0.1, 0.15) is 23.2 Å². The molecular formula is C23H18ClF2N5O2. The van der Waals surface area contributed by atoms with Crippen LogP contribution in [0.25, 0.3) is 16.7 Å². The Balaban J connectivity index is 1.60. The number of aryl methyl sites for hydroxylation is 1. The van der Waals surface area contributed by atoms with E-state index in [2.05, 4.69) is 15.7 Å². The number of rotatable bonds is 5. The Kier molecular flexibility index (Phi) is 5.13. The number of benzene rings is 2. The molecule has 2 N–H and O–H groups in total. The molecule has 5 rings (SSSR count). The molecule has 0 unspecified atom stereocenters. The van der Waals surface area contributed by atoms with Crippen molar-refractivity contribution >= 4 is 39.9 Å². The van der Waals surface area contributed by atoms with Gasteiger partial charge in [-0.2, -0.15) is 5.10 Å². The van der Waals surface area contributed by atoms with Gasteiger partial charge in [0.05, 0.1) is 28.0 Å². The van der Waals surface area contributed by atoms with E-state index < -0.39 is 22.9 Å². The van der Waals surface area contributed by atoms with Gasteiger partial charge in [-0.15, -0.1) is 0 Å². The van der Waals surface area contributed by atoms with Crippen LogP contribution in [0.15, 0.2) is 53.5 Å². The van der Waals surface area contributed by atoms with Gasteiger partial charge in [-0.05, 0) is 43.2 Å². The van der Waals surface area contributed by atoms with E-state index in [0.29, 0.717) is 27.3 Å². The number of fused-ring (bicyclic) bond motifs is 1. The Labute approximate surface area is 191 Å². The van der Waals surface area contributed by atoms with Crippen molar-refractivity contribution in [2.45, 2.75) is 18.9 Å². The fourth-order valence-corrected chi connectivity index (χ4v) is 3.78. The normalized spacial score (nSPS) is 13.3. The molecule has 2 heterocycles. The lowest BCUT2D eigenvalue weighted by Gasteiger charge is -2.14. The molecule has 0 bridgehead atoms. The van der Waals surface area contributed by atoms with Gasteiger partial charge in [-0.1, -0.05) is 17.7 Å². The van der Waals surface area contributed by atoms with Crippen LogP contribution in [-0.2, 0) is 7.05 Å². The van der Waals surface area contributed by atoms with Crippen LogP contribution in [0.3, 0.4) is 0 Å². The standard InChI is InChI=1S/C23H18ClF2N5O2/c1-30-20(32)10-18(14-11-27-31(23(14)30)21-16(25)3-2-4-17(21)26)29-19-9-12(5-8-15(19)24)22(33)28-13-6-7-13/h2-5,8-11,13,29H,6-7H2,1H3,(H,28,33). The van der Waals surface area contributed by atoms with Crippen LogP contribution in [0, 0.1) is 11.6 Å². The second-order valence-corrected chi connectivity index (χ2v) is 8.29. The fourth-order valence-electron chi connectivity index (χ4n) is 3.62. The van der Waals surface area contributed by atoms with Crippen LogP contribution in [0.2, 0.25) is 5.02 Å². The molecule has 4 aromatic rings. The Morgan fingerprint density at radius 1 is 1.12 bits per heavy atom. The summed E-state index contributed by atoms with van der Waals surface area (Å²) in [5, 5.41) is 10.9. The second kappa shape index (κ2) is 8.00. The second-order valence-electron chi connectivity index (χ2n) is 7.89. The lowest BCUT2D eigenvalue weighted by atomic mass is 10.1. The number of para-hydroxylation sites is 1. The van der Waals surface area contributed by atoms with Crippen molar-refractivity contribution < 1.29 is 13.6 Å². The van der Waals surface area contributed by atoms with Crippen LogP contribution in [0.5, 0.6) is 0 Å². The third kappa shape index (κ3) is 3.84. The highest BCUT2D eigenvalue weighted by Crippen LogP contribution is 2.31. The molecule has 2 aromatic heterocycles. The van der Waals surface area contributed by atoms with E-state index in [9.17, 15) is 18.4 Å². The van der Waals surface area contributed by atoms with E-state index in [-0.39, 0.29) is 17.6 Å². The number of halogens is 3. The average Bonchev–Trinajstić information content (AvgIpc) is 3.48. The highest BCUT2D eigenvalue weighted by molar-refractivity contribution is 6.33. The van der Waals surface area contributed by atoms with Crippen LogP contribution in [0.4, 0.5) is 20.2 Å². The van der Waals surface area contributed by atoms with Crippen LogP contribution < -0.4 is 16.2 Å². The predicted molar refractivity (Wildman–Crippen MR) is 121 cm³/mol. The van der Waals surface area contributed by atoms with Crippen molar-refractivity contribution in [3.63, 3.8) is 0 Å². The summed E-state index contributed by atoms with van der Waals surface area (Å²) >= 11 is 6.34. The number of amides is 1. The van der Waals surface area contributed by atoms with E-state index in [1.807, 2.05) is 0 Å². The molecule has 2 aromatic carbocycles. The van der Waals surface area contributed by atoms with Gasteiger partial charge in [0.1, 0.15) is 11.3 Å². The maximum atomic E-state index is 14.4. The summed E-state index contributed by atoms with van der Waals surface area (Å²) in [6, 6.07) is 9.80. The first kappa shape index (κ1) is 21.1. The van der Waals surface area contributed by atoms with E-state index in [1.54, 1.807) is 18.2 Å². The minimum atomic E-state index is -0.816. The first-order valence-corrected chi connectivity index (χ1v) is 10.6. The maximum Gasteiger partial charge on any atom is 0.254 e. The number of pyridine rings is 1. The molecule has 7 nitrogen and oxygen atoms in total. The summed E-state index contributed by atoms with van der Waals surface area (Å²) in [7, 11) is 1.49. The summed E-state index contributed by atoms with van der Waals surface area (Å²) in [6.45, 7) is 0. The van der Waals surface area contributed by atoms with Crippen molar-refractivity contribution in [1.29, 1.82) is 0 Å². The number of nitrogens with zero attached hydrogens (tertiary/aromatic N) is 3. The van der Waals surface area contributed by atoms with Gasteiger partial charge < -0.3 is 10.6 Å². The average molecular weight is 470 g/mol. The molecule has 0 spiro atoms. The number of carbonyl (C=O) groups excluding carboxylic acids is 1. The summed E-state index contributed by atoms with van der Waals surface area (Å²) < 4.78 is 31.2. The van der Waals surface area contributed by atoms with E-state index in [4.69, 9.17) is 11.6 Å². The van der Waals surface area contributed by atoms with Crippen molar-refractivity contribution in [3.8, 4) is 5.69 Å².